The van der Waals surface area contributed by atoms with Crippen molar-refractivity contribution < 1.29 is 4.79 Å². The monoisotopic (exact) mass is 214 g/mol. The zero-order chi connectivity index (χ0) is 8.01. The second-order valence-corrected chi connectivity index (χ2v) is 3.49. The molecule has 2 heterocycles. The van der Waals surface area contributed by atoms with Crippen molar-refractivity contribution in [1.29, 1.82) is 0 Å². The van der Waals surface area contributed by atoms with Crippen molar-refractivity contribution >= 4 is 21.8 Å². The molecule has 0 radical (unpaired) electrons. The molecule has 2 rings (SSSR count). The Morgan fingerprint density at radius 3 is 3.00 bits per heavy atom. The summed E-state index contributed by atoms with van der Waals surface area (Å²) in [6.45, 7) is 1.95. The van der Waals surface area contributed by atoms with Crippen LogP contribution in [-0.2, 0) is 0 Å². The van der Waals surface area contributed by atoms with Crippen LogP contribution >= 0.6 is 15.9 Å². The predicted molar refractivity (Wildman–Crippen MR) is 44.4 cm³/mol. The Labute approximate surface area is 72.3 Å². The van der Waals surface area contributed by atoms with Crippen molar-refractivity contribution in [3.05, 3.63) is 21.9 Å². The molecule has 0 saturated heterocycles. The normalized spacial score (nSPS) is 21.6. The number of carbonyl (C=O) groups excluding carboxylic acids is 1. The number of aromatic nitrogens is 1. The van der Waals surface area contributed by atoms with Gasteiger partial charge in [0, 0.05) is 0 Å². The lowest BCUT2D eigenvalue weighted by atomic mass is 10.2. The zero-order valence-electron chi connectivity index (χ0n) is 5.94. The van der Waals surface area contributed by atoms with E-state index < -0.39 is 0 Å². The van der Waals surface area contributed by atoms with Gasteiger partial charge in [0.1, 0.15) is 0 Å². The Morgan fingerprint density at radius 1 is 1.64 bits per heavy atom. The topological polar surface area (TPSA) is 44.9 Å². The Bertz CT molecular complexity index is 318. The van der Waals surface area contributed by atoms with Crippen LogP contribution in [-0.4, -0.2) is 10.9 Å². The highest BCUT2D eigenvalue weighted by molar-refractivity contribution is 9.10. The van der Waals surface area contributed by atoms with Crippen molar-refractivity contribution in [3.8, 4) is 0 Å². The number of nitrogens with one attached hydrogen (secondary N) is 2. The Kier molecular flexibility index (Phi) is 1.32. The molecule has 1 aromatic heterocycles. The van der Waals surface area contributed by atoms with Gasteiger partial charge in [-0.3, -0.25) is 4.79 Å². The van der Waals surface area contributed by atoms with Gasteiger partial charge in [0.25, 0.3) is 5.91 Å². The Balaban J connectivity index is 2.58. The number of halogens is 1. The Hall–Kier alpha value is -0.770. The van der Waals surface area contributed by atoms with Gasteiger partial charge >= 0.3 is 0 Å². The number of hydrogen-bond acceptors (Lipinski definition) is 1. The molecule has 0 aromatic carbocycles. The van der Waals surface area contributed by atoms with Gasteiger partial charge in [-0.2, -0.15) is 0 Å². The smallest absolute Gasteiger partial charge is 0.253 e. The largest absolute Gasteiger partial charge is 0.351 e. The molecule has 0 spiro atoms. The van der Waals surface area contributed by atoms with Gasteiger partial charge in [0.15, 0.2) is 0 Å². The van der Waals surface area contributed by atoms with E-state index in [1.54, 1.807) is 6.07 Å². The molecule has 1 aliphatic heterocycles. The van der Waals surface area contributed by atoms with E-state index in [1.807, 2.05) is 6.92 Å². The minimum absolute atomic E-state index is 0.00875. The van der Waals surface area contributed by atoms with Crippen LogP contribution in [0.15, 0.2) is 10.7 Å². The maximum atomic E-state index is 11.1. The lowest BCUT2D eigenvalue weighted by Crippen LogP contribution is -2.16. The molecule has 0 fully saturated rings. The minimum Gasteiger partial charge on any atom is -0.351 e. The molecule has 1 atom stereocenters. The fraction of sp³-hybridized carbons (Fsp3) is 0.286. The van der Waals surface area contributed by atoms with Gasteiger partial charge in [-0.15, -0.1) is 0 Å². The van der Waals surface area contributed by atoms with E-state index in [1.165, 1.54) is 0 Å². The average Bonchev–Trinajstić information content (AvgIpc) is 2.38. The quantitative estimate of drug-likeness (QED) is 0.677. The van der Waals surface area contributed by atoms with Crippen LogP contribution in [0.2, 0.25) is 0 Å². The average molecular weight is 215 g/mol. The van der Waals surface area contributed by atoms with Crippen molar-refractivity contribution in [2.45, 2.75) is 13.0 Å². The molecule has 2 N–H and O–H groups in total. The second kappa shape index (κ2) is 2.11. The van der Waals surface area contributed by atoms with E-state index in [0.717, 1.165) is 15.9 Å². The van der Waals surface area contributed by atoms with Gasteiger partial charge in [-0.1, -0.05) is 0 Å². The molecule has 1 aliphatic rings. The first-order chi connectivity index (χ1) is 5.18. The van der Waals surface area contributed by atoms with Crippen molar-refractivity contribution in [3.63, 3.8) is 0 Å². The summed E-state index contributed by atoms with van der Waals surface area (Å²) in [4.78, 5) is 14.2. The van der Waals surface area contributed by atoms with E-state index in [-0.39, 0.29) is 11.9 Å². The third kappa shape index (κ3) is 0.894. The van der Waals surface area contributed by atoms with Crippen molar-refractivity contribution in [2.75, 3.05) is 0 Å². The second-order valence-electron chi connectivity index (χ2n) is 2.64. The molecule has 0 bridgehead atoms. The van der Waals surface area contributed by atoms with E-state index >= 15 is 0 Å². The first-order valence-electron chi connectivity index (χ1n) is 3.38. The van der Waals surface area contributed by atoms with Crippen LogP contribution in [0.4, 0.5) is 0 Å². The highest BCUT2D eigenvalue weighted by Crippen LogP contribution is 2.26. The van der Waals surface area contributed by atoms with E-state index in [2.05, 4.69) is 26.2 Å². The van der Waals surface area contributed by atoms with Crippen LogP contribution in [0.25, 0.3) is 0 Å². The molecule has 0 saturated carbocycles. The maximum absolute atomic E-state index is 11.1. The molecule has 58 valence electrons. The maximum Gasteiger partial charge on any atom is 0.253 e. The van der Waals surface area contributed by atoms with E-state index in [0.29, 0.717) is 0 Å². The molecular weight excluding hydrogens is 208 g/mol. The fourth-order valence-corrected chi connectivity index (χ4v) is 1.75. The summed E-state index contributed by atoms with van der Waals surface area (Å²) in [6.07, 6.45) is 0. The van der Waals surface area contributed by atoms with Crippen LogP contribution in [0.5, 0.6) is 0 Å². The van der Waals surface area contributed by atoms with Gasteiger partial charge in [-0.25, -0.2) is 0 Å². The number of aromatic amines is 1. The third-order valence-electron chi connectivity index (χ3n) is 1.84. The molecular formula is C7H7BrN2O. The lowest BCUT2D eigenvalue weighted by Gasteiger charge is -2.00. The van der Waals surface area contributed by atoms with E-state index in [9.17, 15) is 4.79 Å². The zero-order valence-corrected chi connectivity index (χ0v) is 7.53. The molecule has 1 amide bonds. The molecule has 3 nitrogen and oxygen atoms in total. The number of hydrogen-bond donors (Lipinski definition) is 2. The highest BCUT2D eigenvalue weighted by Gasteiger charge is 2.27. The third-order valence-corrected chi connectivity index (χ3v) is 2.27. The number of rotatable bonds is 0. The van der Waals surface area contributed by atoms with Gasteiger partial charge in [-0.05, 0) is 28.9 Å². The van der Waals surface area contributed by atoms with Gasteiger partial charge < -0.3 is 10.3 Å². The fourth-order valence-electron chi connectivity index (χ4n) is 1.31. The van der Waals surface area contributed by atoms with Crippen LogP contribution in [0, 0.1) is 0 Å². The first kappa shape index (κ1) is 6.91. The highest BCUT2D eigenvalue weighted by atomic mass is 79.9. The number of fused-ring (bicyclic) bond motifs is 1. The van der Waals surface area contributed by atoms with E-state index in [4.69, 9.17) is 0 Å². The van der Waals surface area contributed by atoms with Gasteiger partial charge in [0.2, 0.25) is 0 Å². The van der Waals surface area contributed by atoms with Crippen LogP contribution in [0.1, 0.15) is 29.0 Å². The molecule has 4 heteroatoms. The predicted octanol–water partition coefficient (Wildman–Crippen LogP) is 1.58. The molecule has 1 aromatic rings. The van der Waals surface area contributed by atoms with Gasteiger partial charge in [0.05, 0.1) is 21.9 Å². The summed E-state index contributed by atoms with van der Waals surface area (Å²) >= 11 is 3.28. The number of H-pyrrole nitrogens is 1. The van der Waals surface area contributed by atoms with Crippen molar-refractivity contribution in [1.82, 2.24) is 10.3 Å². The summed E-state index contributed by atoms with van der Waals surface area (Å²) < 4.78 is 0.865. The number of carbonyl (C=O) groups is 1. The Morgan fingerprint density at radius 2 is 2.36 bits per heavy atom. The summed E-state index contributed by atoms with van der Waals surface area (Å²) in [7, 11) is 0. The summed E-state index contributed by atoms with van der Waals surface area (Å²) in [5, 5.41) is 2.80. The summed E-state index contributed by atoms with van der Waals surface area (Å²) in [6, 6.07) is 1.91. The lowest BCUT2D eigenvalue weighted by molar-refractivity contribution is 0.0958. The minimum atomic E-state index is 0.00875. The summed E-state index contributed by atoms with van der Waals surface area (Å²) in [5.41, 5.74) is 1.73. The van der Waals surface area contributed by atoms with Crippen LogP contribution < -0.4 is 5.32 Å². The van der Waals surface area contributed by atoms with Crippen molar-refractivity contribution in [2.24, 2.45) is 0 Å². The molecule has 11 heavy (non-hydrogen) atoms. The van der Waals surface area contributed by atoms with Crippen LogP contribution in [0.3, 0.4) is 0 Å². The standard InChI is InChI=1S/C7H7BrN2O/c1-3-6-4(7(11)9-3)2-5(8)10-6/h2-3,10H,1H3,(H,9,11). The first-order valence-corrected chi connectivity index (χ1v) is 4.17. The molecule has 1 unspecified atom stereocenters. The summed E-state index contributed by atoms with van der Waals surface area (Å²) in [5.74, 6) is 0.00875. The SMILES string of the molecule is CC1NC(=O)c2cc(Br)[nH]c21. The number of amides is 1. The molecule has 0 aliphatic carbocycles.